The van der Waals surface area contributed by atoms with Gasteiger partial charge in [-0.25, -0.2) is 9.50 Å². The Morgan fingerprint density at radius 1 is 1.18 bits per heavy atom. The van der Waals surface area contributed by atoms with Gasteiger partial charge in [0.15, 0.2) is 0 Å². The first-order chi connectivity index (χ1) is 18.7. The van der Waals surface area contributed by atoms with E-state index in [2.05, 4.69) is 23.0 Å². The summed E-state index contributed by atoms with van der Waals surface area (Å²) in [5, 5.41) is 13.9. The van der Waals surface area contributed by atoms with Crippen LogP contribution >= 0.6 is 0 Å². The Hall–Kier alpha value is -4.00. The maximum Gasteiger partial charge on any atom is 0.414 e. The van der Waals surface area contributed by atoms with Crippen molar-refractivity contribution in [2.45, 2.75) is 38.4 Å². The van der Waals surface area contributed by atoms with Crippen LogP contribution in [0.4, 0.5) is 19.0 Å². The minimum atomic E-state index is -4.30. The molecule has 2 aliphatic heterocycles. The molecule has 0 radical (unpaired) electrons. The Morgan fingerprint density at radius 2 is 1.95 bits per heavy atom. The lowest BCUT2D eigenvalue weighted by Crippen LogP contribution is -2.45. The van der Waals surface area contributed by atoms with Crippen molar-refractivity contribution in [2.24, 2.45) is 11.8 Å². The number of nitrogens with zero attached hydrogens (tertiary/aromatic N) is 6. The molecule has 0 bridgehead atoms. The molecule has 10 heteroatoms. The molecule has 6 rings (SSSR count). The predicted octanol–water partition coefficient (Wildman–Crippen LogP) is 5.59. The van der Waals surface area contributed by atoms with Crippen LogP contribution in [0.3, 0.4) is 0 Å². The molecular formula is C29H29F3N6O. The van der Waals surface area contributed by atoms with Gasteiger partial charge in [-0.05, 0) is 69.0 Å². The highest BCUT2D eigenvalue weighted by atomic mass is 19.4. The van der Waals surface area contributed by atoms with Gasteiger partial charge in [-0.1, -0.05) is 6.08 Å². The van der Waals surface area contributed by atoms with Crippen molar-refractivity contribution < 1.29 is 17.9 Å². The molecule has 202 valence electrons. The zero-order chi connectivity index (χ0) is 27.4. The zero-order valence-electron chi connectivity index (χ0n) is 21.8. The van der Waals surface area contributed by atoms with Gasteiger partial charge in [0.05, 0.1) is 35.7 Å². The Bertz CT molecular complexity index is 1490. The number of pyridine rings is 2. The van der Waals surface area contributed by atoms with Crippen LogP contribution in [0, 0.1) is 23.2 Å². The average molecular weight is 535 g/mol. The number of allylic oxidation sites excluding steroid dienone is 2. The molecule has 2 fully saturated rings. The molecule has 3 aromatic rings. The van der Waals surface area contributed by atoms with Crippen LogP contribution in [0.2, 0.25) is 0 Å². The Labute approximate surface area is 224 Å². The highest BCUT2D eigenvalue weighted by Gasteiger charge is 2.50. The molecule has 39 heavy (non-hydrogen) atoms. The predicted molar refractivity (Wildman–Crippen MR) is 141 cm³/mol. The van der Waals surface area contributed by atoms with Gasteiger partial charge in [0.1, 0.15) is 17.6 Å². The van der Waals surface area contributed by atoms with E-state index in [1.165, 1.54) is 12.2 Å². The SMILES string of the molecule is CCOc1cc(-c2ccc(N3C[C@@H]4CC(C)(N5C=CC=C(C(F)(F)F)C5)C[C@@H]4C3)nc2)c2c(C#N)cnn2c1. The summed E-state index contributed by atoms with van der Waals surface area (Å²) in [7, 11) is 0. The lowest BCUT2D eigenvalue weighted by atomic mass is 9.94. The monoisotopic (exact) mass is 534 g/mol. The minimum Gasteiger partial charge on any atom is -0.492 e. The number of fused-ring (bicyclic) bond motifs is 2. The number of hydrogen-bond donors (Lipinski definition) is 0. The molecule has 3 aromatic heterocycles. The highest BCUT2D eigenvalue weighted by molar-refractivity contribution is 5.85. The van der Waals surface area contributed by atoms with Gasteiger partial charge >= 0.3 is 6.18 Å². The molecule has 0 spiro atoms. The van der Waals surface area contributed by atoms with Crippen molar-refractivity contribution >= 4 is 11.3 Å². The topological polar surface area (TPSA) is 69.7 Å². The summed E-state index contributed by atoms with van der Waals surface area (Å²) in [5.74, 6) is 2.34. The molecule has 0 aromatic carbocycles. The van der Waals surface area contributed by atoms with Crippen molar-refractivity contribution in [3.63, 3.8) is 0 Å². The summed E-state index contributed by atoms with van der Waals surface area (Å²) in [6.07, 6.45) is 7.04. The first-order valence-electron chi connectivity index (χ1n) is 13.2. The molecule has 3 aliphatic rings. The second-order valence-corrected chi connectivity index (χ2v) is 10.9. The van der Waals surface area contributed by atoms with Crippen molar-refractivity contribution in [2.75, 3.05) is 31.1 Å². The number of aromatic nitrogens is 3. The van der Waals surface area contributed by atoms with E-state index in [-0.39, 0.29) is 12.1 Å². The lowest BCUT2D eigenvalue weighted by Gasteiger charge is -2.41. The van der Waals surface area contributed by atoms with E-state index in [9.17, 15) is 18.4 Å². The van der Waals surface area contributed by atoms with Crippen molar-refractivity contribution in [3.05, 3.63) is 66.3 Å². The maximum atomic E-state index is 13.3. The fourth-order valence-electron chi connectivity index (χ4n) is 6.52. The molecule has 1 saturated carbocycles. The van der Waals surface area contributed by atoms with E-state index >= 15 is 0 Å². The first-order valence-corrected chi connectivity index (χ1v) is 13.2. The standard InChI is InChI=1S/C29H29F3N6O/c1-3-39-24-9-25(27-22(12-33)14-35-38(27)18-24)19-6-7-26(34-13-19)36-15-20-10-28(2,11-21(20)16-36)37-8-4-5-23(17-37)29(30,31)32/h4-9,13-14,18,20-21H,3,10-11,15-17H2,1-2H3/t20-,21+,28?. The van der Waals surface area contributed by atoms with Crippen LogP contribution in [0.5, 0.6) is 5.75 Å². The molecule has 0 amide bonds. The number of ether oxygens (including phenoxy) is 1. The van der Waals surface area contributed by atoms with Gasteiger partial charge in [-0.2, -0.15) is 23.5 Å². The summed E-state index contributed by atoms with van der Waals surface area (Å²) in [5.41, 5.74) is 2.09. The number of halogens is 3. The lowest BCUT2D eigenvalue weighted by molar-refractivity contribution is -0.0969. The van der Waals surface area contributed by atoms with Gasteiger partial charge in [0.25, 0.3) is 0 Å². The molecule has 7 nitrogen and oxygen atoms in total. The van der Waals surface area contributed by atoms with Gasteiger partial charge in [-0.15, -0.1) is 0 Å². The molecule has 1 aliphatic carbocycles. The minimum absolute atomic E-state index is 0.0921. The number of rotatable bonds is 5. The molecule has 1 saturated heterocycles. The zero-order valence-corrected chi connectivity index (χ0v) is 21.8. The normalized spacial score (nSPS) is 24.7. The molecule has 1 unspecified atom stereocenters. The Morgan fingerprint density at radius 3 is 2.59 bits per heavy atom. The third-order valence-corrected chi connectivity index (χ3v) is 8.34. The number of hydrogen-bond acceptors (Lipinski definition) is 6. The van der Waals surface area contributed by atoms with E-state index < -0.39 is 11.7 Å². The van der Waals surface area contributed by atoms with Gasteiger partial charge < -0.3 is 14.5 Å². The van der Waals surface area contributed by atoms with E-state index in [1.54, 1.807) is 16.9 Å². The molecular weight excluding hydrogens is 505 g/mol. The van der Waals surface area contributed by atoms with E-state index in [1.807, 2.05) is 42.4 Å². The highest BCUT2D eigenvalue weighted by Crippen LogP contribution is 2.48. The second kappa shape index (κ2) is 9.33. The Kier molecular flexibility index (Phi) is 6.05. The van der Waals surface area contributed by atoms with Crippen molar-refractivity contribution in [3.8, 4) is 22.9 Å². The van der Waals surface area contributed by atoms with Gasteiger partial charge in [0, 0.05) is 42.5 Å². The van der Waals surface area contributed by atoms with Crippen LogP contribution in [0.25, 0.3) is 16.6 Å². The number of alkyl halides is 3. The van der Waals surface area contributed by atoms with Crippen molar-refractivity contribution in [1.29, 1.82) is 5.26 Å². The van der Waals surface area contributed by atoms with Crippen LogP contribution in [0.15, 0.2) is 60.7 Å². The van der Waals surface area contributed by atoms with Crippen molar-refractivity contribution in [1.82, 2.24) is 19.5 Å². The van der Waals surface area contributed by atoms with Crippen LogP contribution < -0.4 is 9.64 Å². The fraction of sp³-hybridized carbons (Fsp3) is 0.414. The first kappa shape index (κ1) is 25.3. The van der Waals surface area contributed by atoms with E-state index in [4.69, 9.17) is 9.72 Å². The number of anilines is 1. The third-order valence-electron chi connectivity index (χ3n) is 8.34. The number of nitriles is 1. The summed E-state index contributed by atoms with van der Waals surface area (Å²) in [6, 6.07) is 8.12. The largest absolute Gasteiger partial charge is 0.492 e. The average Bonchev–Trinajstić information content (AvgIpc) is 3.60. The van der Waals surface area contributed by atoms with Crippen LogP contribution in [0.1, 0.15) is 32.3 Å². The van der Waals surface area contributed by atoms with E-state index in [0.717, 1.165) is 42.9 Å². The smallest absolute Gasteiger partial charge is 0.414 e. The third kappa shape index (κ3) is 4.50. The van der Waals surface area contributed by atoms with Crippen LogP contribution in [-0.2, 0) is 0 Å². The molecule has 3 atom stereocenters. The summed E-state index contributed by atoms with van der Waals surface area (Å²) < 4.78 is 47.3. The second-order valence-electron chi connectivity index (χ2n) is 10.9. The van der Waals surface area contributed by atoms with Gasteiger partial charge in [0.2, 0.25) is 0 Å². The summed E-state index contributed by atoms with van der Waals surface area (Å²) >= 11 is 0. The summed E-state index contributed by atoms with van der Waals surface area (Å²) in [6.45, 7) is 6.09. The quantitative estimate of drug-likeness (QED) is 0.425. The molecule has 0 N–H and O–H groups in total. The van der Waals surface area contributed by atoms with Crippen LogP contribution in [-0.4, -0.2) is 57.5 Å². The maximum absolute atomic E-state index is 13.3. The van der Waals surface area contributed by atoms with E-state index in [0.29, 0.717) is 35.3 Å². The van der Waals surface area contributed by atoms with Gasteiger partial charge in [-0.3, -0.25) is 0 Å². The summed E-state index contributed by atoms with van der Waals surface area (Å²) in [4.78, 5) is 8.93. The molecule has 5 heterocycles. The Balaban J connectivity index is 1.18. The fourth-order valence-corrected chi connectivity index (χ4v) is 6.52.